The van der Waals surface area contributed by atoms with Crippen molar-refractivity contribution in [1.82, 2.24) is 0 Å². The molecule has 0 aliphatic heterocycles. The van der Waals surface area contributed by atoms with Crippen LogP contribution in [0.4, 0.5) is 0 Å². The average Bonchev–Trinajstić information content (AvgIpc) is 2.70. The Bertz CT molecular complexity index is 417. The number of carbonyl (C=O) groups is 2. The molecule has 0 aromatic rings. The lowest BCUT2D eigenvalue weighted by atomic mass is 9.97. The van der Waals surface area contributed by atoms with E-state index in [0.29, 0.717) is 13.0 Å². The van der Waals surface area contributed by atoms with E-state index in [-0.39, 0.29) is 12.4 Å². The summed E-state index contributed by atoms with van der Waals surface area (Å²) in [6, 6.07) is 0. The van der Waals surface area contributed by atoms with Crippen molar-refractivity contribution in [1.29, 1.82) is 0 Å². The lowest BCUT2D eigenvalue weighted by Gasteiger charge is -2.13. The van der Waals surface area contributed by atoms with Crippen LogP contribution in [0.2, 0.25) is 0 Å². The summed E-state index contributed by atoms with van der Waals surface area (Å²) in [5.41, 5.74) is 0. The number of ether oxygens (including phenoxy) is 1. The second-order valence-electron chi connectivity index (χ2n) is 8.20. The summed E-state index contributed by atoms with van der Waals surface area (Å²) in [4.78, 5) is 22.9. The lowest BCUT2D eigenvalue weighted by Crippen LogP contribution is -2.21. The van der Waals surface area contributed by atoms with Crippen molar-refractivity contribution in [3.63, 3.8) is 0 Å². The number of hydrogen-bond acceptors (Lipinski definition) is 3. The summed E-state index contributed by atoms with van der Waals surface area (Å²) in [6.45, 7) is 4.41. The Morgan fingerprint density at radius 2 is 1.31 bits per heavy atom. The summed E-state index contributed by atoms with van der Waals surface area (Å²) >= 11 is 0. The van der Waals surface area contributed by atoms with Gasteiger partial charge in [0.2, 0.25) is 0 Å². The predicted octanol–water partition coefficient (Wildman–Crippen LogP) is 7.46. The molecule has 0 aromatic heterocycles. The smallest absolute Gasteiger partial charge is 0.309 e. The SMILES string of the molecule is C/C=C/CCCCCCCCCCCCCCCC(CC(=O)O)C(=O)OCCC. The van der Waals surface area contributed by atoms with Gasteiger partial charge >= 0.3 is 11.9 Å². The van der Waals surface area contributed by atoms with E-state index in [4.69, 9.17) is 9.84 Å². The minimum Gasteiger partial charge on any atom is -0.481 e. The van der Waals surface area contributed by atoms with Gasteiger partial charge in [0.05, 0.1) is 18.9 Å². The molecule has 0 spiro atoms. The molecule has 0 rings (SSSR count). The van der Waals surface area contributed by atoms with E-state index in [2.05, 4.69) is 19.1 Å². The lowest BCUT2D eigenvalue weighted by molar-refractivity contribution is -0.153. The monoisotopic (exact) mass is 410 g/mol. The fourth-order valence-electron chi connectivity index (χ4n) is 3.60. The van der Waals surface area contributed by atoms with Gasteiger partial charge in [-0.05, 0) is 32.6 Å². The molecule has 0 saturated heterocycles. The van der Waals surface area contributed by atoms with Crippen LogP contribution >= 0.6 is 0 Å². The molecule has 4 heteroatoms. The van der Waals surface area contributed by atoms with Crippen molar-refractivity contribution in [2.24, 2.45) is 5.92 Å². The highest BCUT2D eigenvalue weighted by Gasteiger charge is 2.22. The Morgan fingerprint density at radius 1 is 0.828 bits per heavy atom. The van der Waals surface area contributed by atoms with Crippen LogP contribution in [0, 0.1) is 5.92 Å². The zero-order chi connectivity index (χ0) is 21.6. The highest BCUT2D eigenvalue weighted by Crippen LogP contribution is 2.18. The first-order chi connectivity index (χ1) is 14.1. The number of esters is 1. The van der Waals surface area contributed by atoms with Gasteiger partial charge in [-0.1, -0.05) is 96.1 Å². The zero-order valence-corrected chi connectivity index (χ0v) is 19.1. The molecule has 1 N–H and O–H groups in total. The first kappa shape index (κ1) is 27.7. The Labute approximate surface area is 179 Å². The molecule has 0 fully saturated rings. The van der Waals surface area contributed by atoms with Crippen LogP contribution < -0.4 is 0 Å². The Kier molecular flexibility index (Phi) is 20.4. The zero-order valence-electron chi connectivity index (χ0n) is 19.1. The van der Waals surface area contributed by atoms with Gasteiger partial charge in [-0.15, -0.1) is 0 Å². The molecule has 0 radical (unpaired) electrons. The molecule has 4 nitrogen and oxygen atoms in total. The molecule has 0 aromatic carbocycles. The largest absolute Gasteiger partial charge is 0.481 e. The third-order valence-corrected chi connectivity index (χ3v) is 5.36. The van der Waals surface area contributed by atoms with E-state index in [1.165, 1.54) is 77.0 Å². The first-order valence-electron chi connectivity index (χ1n) is 12.1. The van der Waals surface area contributed by atoms with E-state index in [9.17, 15) is 9.59 Å². The minimum atomic E-state index is -0.919. The van der Waals surface area contributed by atoms with Crippen LogP contribution in [-0.4, -0.2) is 23.7 Å². The summed E-state index contributed by atoms with van der Waals surface area (Å²) in [6.07, 6.45) is 23.5. The maximum Gasteiger partial charge on any atom is 0.309 e. The normalized spacial score (nSPS) is 12.3. The Hall–Kier alpha value is -1.32. The number of unbranched alkanes of at least 4 members (excludes halogenated alkanes) is 13. The standard InChI is InChI=1S/C25H46O4/c1-3-5-6-7-8-9-10-11-12-13-14-15-16-17-18-19-20-23(22-24(26)27)25(28)29-21-4-2/h3,5,23H,4,6-22H2,1-2H3,(H,26,27)/b5-3+. The van der Waals surface area contributed by atoms with Crippen molar-refractivity contribution in [2.45, 2.75) is 123 Å². The summed E-state index contributed by atoms with van der Waals surface area (Å²) in [5, 5.41) is 8.98. The van der Waals surface area contributed by atoms with Gasteiger partial charge in [0.25, 0.3) is 0 Å². The average molecular weight is 411 g/mol. The van der Waals surface area contributed by atoms with Crippen LogP contribution in [0.3, 0.4) is 0 Å². The molecule has 0 aliphatic rings. The number of hydrogen-bond donors (Lipinski definition) is 1. The molecule has 0 saturated carbocycles. The second-order valence-corrected chi connectivity index (χ2v) is 8.20. The van der Waals surface area contributed by atoms with Crippen molar-refractivity contribution in [3.05, 3.63) is 12.2 Å². The maximum atomic E-state index is 11.9. The van der Waals surface area contributed by atoms with Gasteiger partial charge in [0, 0.05) is 0 Å². The first-order valence-corrected chi connectivity index (χ1v) is 12.1. The van der Waals surface area contributed by atoms with Gasteiger partial charge in [-0.25, -0.2) is 0 Å². The van der Waals surface area contributed by atoms with E-state index >= 15 is 0 Å². The summed E-state index contributed by atoms with van der Waals surface area (Å²) in [5.74, 6) is -1.74. The number of rotatable bonds is 21. The molecule has 0 bridgehead atoms. The van der Waals surface area contributed by atoms with Crippen LogP contribution in [0.25, 0.3) is 0 Å². The highest BCUT2D eigenvalue weighted by molar-refractivity contribution is 5.79. The van der Waals surface area contributed by atoms with Crippen LogP contribution in [-0.2, 0) is 14.3 Å². The Balaban J connectivity index is 3.49. The van der Waals surface area contributed by atoms with Crippen molar-refractivity contribution < 1.29 is 19.4 Å². The van der Waals surface area contributed by atoms with E-state index < -0.39 is 11.9 Å². The number of allylic oxidation sites excluding steroid dienone is 2. The number of carboxylic acids is 1. The minimum absolute atomic E-state index is 0.113. The van der Waals surface area contributed by atoms with E-state index in [1.807, 2.05) is 6.92 Å². The molecule has 29 heavy (non-hydrogen) atoms. The van der Waals surface area contributed by atoms with Crippen LogP contribution in [0.15, 0.2) is 12.2 Å². The fraction of sp³-hybridized carbons (Fsp3) is 0.840. The molecular formula is C25H46O4. The van der Waals surface area contributed by atoms with Crippen LogP contribution in [0.5, 0.6) is 0 Å². The van der Waals surface area contributed by atoms with Gasteiger partial charge < -0.3 is 9.84 Å². The van der Waals surface area contributed by atoms with E-state index in [0.717, 1.165) is 19.3 Å². The van der Waals surface area contributed by atoms with Gasteiger partial charge in [0.1, 0.15) is 0 Å². The second kappa shape index (κ2) is 21.4. The van der Waals surface area contributed by atoms with E-state index in [1.54, 1.807) is 0 Å². The van der Waals surface area contributed by atoms with Crippen molar-refractivity contribution >= 4 is 11.9 Å². The fourth-order valence-corrected chi connectivity index (χ4v) is 3.60. The third-order valence-electron chi connectivity index (χ3n) is 5.36. The third kappa shape index (κ3) is 19.8. The van der Waals surface area contributed by atoms with Crippen molar-refractivity contribution in [3.8, 4) is 0 Å². The number of carbonyl (C=O) groups excluding carboxylic acids is 1. The molecule has 0 amide bonds. The van der Waals surface area contributed by atoms with Gasteiger partial charge in [-0.2, -0.15) is 0 Å². The maximum absolute atomic E-state index is 11.9. The highest BCUT2D eigenvalue weighted by atomic mass is 16.5. The quantitative estimate of drug-likeness (QED) is 0.121. The predicted molar refractivity (Wildman–Crippen MR) is 121 cm³/mol. The molecule has 1 unspecified atom stereocenters. The Morgan fingerprint density at radius 3 is 1.76 bits per heavy atom. The van der Waals surface area contributed by atoms with Gasteiger partial charge in [-0.3, -0.25) is 9.59 Å². The summed E-state index contributed by atoms with van der Waals surface area (Å²) < 4.78 is 5.13. The molecular weight excluding hydrogens is 364 g/mol. The number of carboxylic acid groups (broad SMARTS) is 1. The molecule has 1 atom stereocenters. The molecule has 170 valence electrons. The van der Waals surface area contributed by atoms with Crippen LogP contribution in [0.1, 0.15) is 123 Å². The number of aliphatic carboxylic acids is 1. The van der Waals surface area contributed by atoms with Gasteiger partial charge in [0.15, 0.2) is 0 Å². The van der Waals surface area contributed by atoms with Crippen molar-refractivity contribution in [2.75, 3.05) is 6.61 Å². The summed E-state index contributed by atoms with van der Waals surface area (Å²) in [7, 11) is 0. The molecule has 0 heterocycles. The topological polar surface area (TPSA) is 63.6 Å². The molecule has 0 aliphatic carbocycles.